The van der Waals surface area contributed by atoms with E-state index in [9.17, 15) is 9.59 Å². The highest BCUT2D eigenvalue weighted by molar-refractivity contribution is 6.34. The minimum absolute atomic E-state index is 0.0496. The van der Waals surface area contributed by atoms with Crippen molar-refractivity contribution >= 4 is 28.5 Å². The molecule has 1 N–H and O–H groups in total. The number of rotatable bonds is 4. The number of aromatic nitrogens is 5. The summed E-state index contributed by atoms with van der Waals surface area (Å²) in [5, 5.41) is 6.89. The van der Waals surface area contributed by atoms with E-state index >= 15 is 8.78 Å². The third kappa shape index (κ3) is 4.11. The zero-order valence-corrected chi connectivity index (χ0v) is 21.8. The highest BCUT2D eigenvalue weighted by Crippen LogP contribution is 2.47. The molecule has 2 aromatic heterocycles. The number of hydrogen-bond donors (Lipinski definition) is 1. The summed E-state index contributed by atoms with van der Waals surface area (Å²) in [4.78, 5) is 30.2. The first-order chi connectivity index (χ1) is 18.6. The van der Waals surface area contributed by atoms with Gasteiger partial charge in [0, 0.05) is 13.5 Å². The fourth-order valence-electron chi connectivity index (χ4n) is 5.25. The Balaban J connectivity index is 1.43. The van der Waals surface area contributed by atoms with Crippen molar-refractivity contribution in [3.63, 3.8) is 0 Å². The average molecular weight is 549 g/mol. The van der Waals surface area contributed by atoms with Crippen molar-refractivity contribution in [2.24, 2.45) is 7.05 Å². The lowest BCUT2D eigenvalue weighted by Crippen LogP contribution is -2.54. The number of aryl methyl sites for hydroxylation is 2. The molecule has 8 nitrogen and oxygen atoms in total. The number of imidazole rings is 1. The number of amides is 1. The van der Waals surface area contributed by atoms with Crippen LogP contribution in [0.25, 0.3) is 16.7 Å². The lowest BCUT2D eigenvalue weighted by molar-refractivity contribution is -0.0704. The molecule has 1 atom stereocenters. The summed E-state index contributed by atoms with van der Waals surface area (Å²) in [5.74, 6) is -4.27. The molecule has 39 heavy (non-hydrogen) atoms. The predicted octanol–water partition coefficient (Wildman–Crippen LogP) is 4.70. The minimum Gasteiger partial charge on any atom is -0.340 e. The Hall–Kier alpha value is -4.31. The normalized spacial score (nSPS) is 18.2. The molecule has 198 valence electrons. The smallest absolute Gasteiger partial charge is 0.340 e. The van der Waals surface area contributed by atoms with Gasteiger partial charge in [-0.25, -0.2) is 19.0 Å². The Labute approximate surface area is 226 Å². The summed E-state index contributed by atoms with van der Waals surface area (Å²) < 4.78 is 35.6. The van der Waals surface area contributed by atoms with Gasteiger partial charge < -0.3 is 9.88 Å². The van der Waals surface area contributed by atoms with Crippen LogP contribution in [0.2, 0.25) is 5.02 Å². The van der Waals surface area contributed by atoms with Gasteiger partial charge in [0.25, 0.3) is 5.91 Å². The summed E-state index contributed by atoms with van der Waals surface area (Å²) in [7, 11) is 1.52. The van der Waals surface area contributed by atoms with Crippen LogP contribution >= 0.6 is 11.6 Å². The molecule has 0 saturated carbocycles. The van der Waals surface area contributed by atoms with Crippen molar-refractivity contribution in [2.75, 3.05) is 0 Å². The van der Waals surface area contributed by atoms with Gasteiger partial charge in [-0.05, 0) is 48.4 Å². The Bertz CT molecular complexity index is 1810. The topological polar surface area (TPSA) is 86.7 Å². The van der Waals surface area contributed by atoms with E-state index in [-0.39, 0.29) is 28.6 Å². The van der Waals surface area contributed by atoms with E-state index in [0.29, 0.717) is 22.3 Å². The van der Waals surface area contributed by atoms with Crippen LogP contribution in [0.4, 0.5) is 8.78 Å². The number of nitrogens with one attached hydrogen (secondary N) is 1. The zero-order chi connectivity index (χ0) is 27.5. The maximum atomic E-state index is 15.8. The number of fused-ring (bicyclic) bond motifs is 3. The van der Waals surface area contributed by atoms with Gasteiger partial charge in [0.05, 0.1) is 39.4 Å². The summed E-state index contributed by atoms with van der Waals surface area (Å²) >= 11 is 6.49. The fourth-order valence-corrected chi connectivity index (χ4v) is 5.51. The van der Waals surface area contributed by atoms with Gasteiger partial charge in [-0.15, -0.1) is 0 Å². The molecule has 1 aliphatic heterocycles. The number of alkyl halides is 2. The molecule has 3 aromatic carbocycles. The third-order valence-corrected chi connectivity index (χ3v) is 7.47. The Kier molecular flexibility index (Phi) is 5.69. The molecular formula is C28H23ClF2N6O2. The maximum absolute atomic E-state index is 15.8. The monoisotopic (exact) mass is 548 g/mol. The maximum Gasteiger partial charge on any atom is 0.350 e. The van der Waals surface area contributed by atoms with Gasteiger partial charge in [0.2, 0.25) is 0 Å². The van der Waals surface area contributed by atoms with Gasteiger partial charge >= 0.3 is 11.6 Å². The number of carbonyl (C=O) groups is 1. The highest BCUT2D eigenvalue weighted by atomic mass is 35.5. The lowest BCUT2D eigenvalue weighted by atomic mass is 9.81. The van der Waals surface area contributed by atoms with E-state index in [4.69, 9.17) is 11.6 Å². The first-order valence-corrected chi connectivity index (χ1v) is 12.6. The summed E-state index contributed by atoms with van der Waals surface area (Å²) in [6, 6.07) is 18.6. The van der Waals surface area contributed by atoms with Crippen molar-refractivity contribution in [1.82, 2.24) is 29.2 Å². The van der Waals surface area contributed by atoms with Crippen molar-refractivity contribution in [3.05, 3.63) is 111 Å². The number of benzene rings is 3. The molecular weight excluding hydrogens is 526 g/mol. The van der Waals surface area contributed by atoms with Crippen LogP contribution in [0, 0.1) is 6.92 Å². The molecule has 3 heterocycles. The van der Waals surface area contributed by atoms with Crippen LogP contribution in [0.15, 0.2) is 77.9 Å². The van der Waals surface area contributed by atoms with Crippen LogP contribution in [0.3, 0.4) is 0 Å². The summed E-state index contributed by atoms with van der Waals surface area (Å²) in [6.45, 7) is 1.93. The first-order valence-electron chi connectivity index (χ1n) is 12.2. The molecule has 0 saturated heterocycles. The van der Waals surface area contributed by atoms with Crippen molar-refractivity contribution in [1.29, 1.82) is 0 Å². The predicted molar refractivity (Wildman–Crippen MR) is 142 cm³/mol. The highest BCUT2D eigenvalue weighted by Gasteiger charge is 2.53. The first kappa shape index (κ1) is 25.0. The zero-order valence-electron chi connectivity index (χ0n) is 21.0. The van der Waals surface area contributed by atoms with Gasteiger partial charge in [0.15, 0.2) is 5.82 Å². The quantitative estimate of drug-likeness (QED) is 0.353. The molecule has 0 fully saturated rings. The van der Waals surface area contributed by atoms with Crippen LogP contribution in [0.1, 0.15) is 33.7 Å². The van der Waals surface area contributed by atoms with E-state index < -0.39 is 23.8 Å². The standard InChI is InChI=1S/C28H23ClF2N6O2/c1-17-8-11-23-22(12-17)33-25-28(30,31)14-27(15-36(23)25,18-6-4-3-5-7-18)34-24(38)20-10-9-19(13-21(20)29)37-16-32-35(2)26(37)39/h3-13,16H,14-15H2,1-2H3,(H,34,38)/t27-/m1/s1. The molecule has 6 rings (SSSR count). The van der Waals surface area contributed by atoms with Gasteiger partial charge in [-0.1, -0.05) is 48.0 Å². The number of nitrogens with zero attached hydrogens (tertiary/aromatic N) is 5. The van der Waals surface area contributed by atoms with E-state index in [0.717, 1.165) is 10.2 Å². The van der Waals surface area contributed by atoms with Crippen molar-refractivity contribution in [2.45, 2.75) is 31.4 Å². The molecule has 0 bridgehead atoms. The van der Waals surface area contributed by atoms with E-state index in [2.05, 4.69) is 15.4 Å². The molecule has 1 aliphatic rings. The lowest BCUT2D eigenvalue weighted by Gasteiger charge is -2.42. The molecule has 5 aromatic rings. The summed E-state index contributed by atoms with van der Waals surface area (Å²) in [6.07, 6.45) is 0.662. The van der Waals surface area contributed by atoms with Gasteiger partial charge in [-0.2, -0.15) is 13.9 Å². The number of hydrogen-bond acceptors (Lipinski definition) is 4. The minimum atomic E-state index is -3.33. The van der Waals surface area contributed by atoms with Gasteiger partial charge in [-0.3, -0.25) is 4.79 Å². The third-order valence-electron chi connectivity index (χ3n) is 7.16. The SMILES string of the molecule is Cc1ccc2c(c1)nc1n2C[C@@](NC(=O)c2ccc(-n3cnn(C)c3=O)cc2Cl)(c2ccccc2)CC1(F)F. The van der Waals surface area contributed by atoms with Crippen LogP contribution in [0.5, 0.6) is 0 Å². The number of carbonyl (C=O) groups excluding carboxylic acids is 1. The van der Waals surface area contributed by atoms with Crippen LogP contribution in [-0.4, -0.2) is 29.8 Å². The van der Waals surface area contributed by atoms with Crippen molar-refractivity contribution < 1.29 is 13.6 Å². The second-order valence-corrected chi connectivity index (χ2v) is 10.3. The van der Waals surface area contributed by atoms with E-state index in [1.54, 1.807) is 48.5 Å². The second-order valence-electron chi connectivity index (χ2n) is 9.87. The summed E-state index contributed by atoms with van der Waals surface area (Å²) in [5.41, 5.74) is 1.15. The molecule has 0 unspecified atom stereocenters. The largest absolute Gasteiger partial charge is 0.350 e. The molecule has 11 heteroatoms. The van der Waals surface area contributed by atoms with E-state index in [1.165, 1.54) is 34.6 Å². The van der Waals surface area contributed by atoms with Gasteiger partial charge in [0.1, 0.15) is 6.33 Å². The van der Waals surface area contributed by atoms with E-state index in [1.807, 2.05) is 13.0 Å². The second kappa shape index (κ2) is 8.88. The molecule has 0 spiro atoms. The molecule has 0 radical (unpaired) electrons. The number of halogens is 3. The molecule has 1 amide bonds. The van der Waals surface area contributed by atoms with Crippen LogP contribution in [-0.2, 0) is 25.1 Å². The molecule has 0 aliphatic carbocycles. The Morgan fingerprint density at radius 2 is 1.85 bits per heavy atom. The van der Waals surface area contributed by atoms with Crippen LogP contribution < -0.4 is 11.0 Å². The average Bonchev–Trinajstić information content (AvgIpc) is 3.43. The van der Waals surface area contributed by atoms with Crippen molar-refractivity contribution in [3.8, 4) is 5.69 Å². The Morgan fingerprint density at radius 1 is 1.08 bits per heavy atom. The Morgan fingerprint density at radius 3 is 2.54 bits per heavy atom. The fraction of sp³-hybridized carbons (Fsp3) is 0.214.